The normalized spacial score (nSPS) is 32.4. The molecule has 2 saturated heterocycles. The fourth-order valence-electron chi connectivity index (χ4n) is 8.37. The number of aromatic nitrogens is 2. The molecule has 3 aliphatic heterocycles. The molecule has 0 radical (unpaired) electrons. The minimum atomic E-state index is 0.397. The molecule has 6 unspecified atom stereocenters. The molecule has 2 bridgehead atoms. The van der Waals surface area contributed by atoms with E-state index in [0.717, 1.165) is 42.4 Å². The maximum Gasteiger partial charge on any atom is 0.123 e. The van der Waals surface area contributed by atoms with Crippen molar-refractivity contribution in [2.24, 2.45) is 10.9 Å². The van der Waals surface area contributed by atoms with Crippen molar-refractivity contribution in [1.82, 2.24) is 20.6 Å². The highest BCUT2D eigenvalue weighted by Gasteiger charge is 2.47. The lowest BCUT2D eigenvalue weighted by Gasteiger charge is -2.23. The Morgan fingerprint density at radius 3 is 2.39 bits per heavy atom. The van der Waals surface area contributed by atoms with Gasteiger partial charge in [0, 0.05) is 30.4 Å². The zero-order chi connectivity index (χ0) is 24.8. The lowest BCUT2D eigenvalue weighted by molar-refractivity contribution is 0.543. The summed E-state index contributed by atoms with van der Waals surface area (Å²) in [5.41, 5.74) is 12.7. The van der Waals surface area contributed by atoms with Gasteiger partial charge in [-0.3, -0.25) is 4.99 Å². The zero-order valence-electron chi connectivity index (χ0n) is 21.8. The molecule has 4 fully saturated rings. The van der Waals surface area contributed by atoms with Gasteiger partial charge in [-0.25, -0.2) is 4.98 Å². The Labute approximate surface area is 224 Å². The molecular formula is C33H35N5. The molecule has 3 aliphatic carbocycles. The van der Waals surface area contributed by atoms with Gasteiger partial charge in [0.1, 0.15) is 5.82 Å². The van der Waals surface area contributed by atoms with Gasteiger partial charge in [-0.2, -0.15) is 0 Å². The minimum absolute atomic E-state index is 0.397. The minimum Gasteiger partial charge on any atom is -0.341 e. The van der Waals surface area contributed by atoms with Gasteiger partial charge in [0.25, 0.3) is 0 Å². The second kappa shape index (κ2) is 8.24. The van der Waals surface area contributed by atoms with Crippen LogP contribution in [0.25, 0.3) is 28.0 Å². The van der Waals surface area contributed by atoms with Crippen LogP contribution >= 0.6 is 0 Å². The number of rotatable bonds is 5. The van der Waals surface area contributed by atoms with Gasteiger partial charge in [0.05, 0.1) is 17.9 Å². The quantitative estimate of drug-likeness (QED) is 0.375. The Hall–Kier alpha value is -3.02. The van der Waals surface area contributed by atoms with Gasteiger partial charge < -0.3 is 15.6 Å². The molecule has 5 nitrogen and oxygen atoms in total. The number of nitrogens with one attached hydrogen (secondary N) is 3. The number of aliphatic imine (C=N–C) groups is 1. The third-order valence-electron chi connectivity index (χ3n) is 10.4. The van der Waals surface area contributed by atoms with E-state index in [1.54, 1.807) is 11.1 Å². The van der Waals surface area contributed by atoms with E-state index in [9.17, 15) is 0 Å². The summed E-state index contributed by atoms with van der Waals surface area (Å²) in [7, 11) is 0. The van der Waals surface area contributed by atoms with E-state index >= 15 is 0 Å². The lowest BCUT2D eigenvalue weighted by atomic mass is 9.81. The molecule has 9 rings (SSSR count). The Kier molecular flexibility index (Phi) is 4.74. The molecule has 38 heavy (non-hydrogen) atoms. The van der Waals surface area contributed by atoms with Crippen LogP contribution in [0.15, 0.2) is 53.8 Å². The van der Waals surface area contributed by atoms with Crippen LogP contribution in [0.5, 0.6) is 0 Å². The summed E-state index contributed by atoms with van der Waals surface area (Å²) in [5.74, 6) is 3.40. The van der Waals surface area contributed by atoms with Gasteiger partial charge in [0.2, 0.25) is 0 Å². The Morgan fingerprint density at radius 2 is 1.61 bits per heavy atom. The van der Waals surface area contributed by atoms with Crippen molar-refractivity contribution in [3.05, 3.63) is 71.3 Å². The first-order valence-electron chi connectivity index (χ1n) is 14.9. The standard InChI is InChI=1S/C33H35N5/c1-2-26(34-11-1)28-15-23(16-35-28)25-10-9-24(31-20-7-8-21(12-20)32(25)31)18-3-5-19(6-4-18)30-17-36-33(38-30)29-14-22-13-27(22)37-29/h3-6,9-10,16-17,20-22,26-27,29,34,37H,1-2,7-8,11-15H2,(H,36,38). The van der Waals surface area contributed by atoms with Crippen LogP contribution in [0.1, 0.15) is 91.8 Å². The number of aromatic amines is 1. The van der Waals surface area contributed by atoms with E-state index in [2.05, 4.69) is 58.2 Å². The molecule has 2 saturated carbocycles. The van der Waals surface area contributed by atoms with Crippen molar-refractivity contribution in [1.29, 1.82) is 0 Å². The summed E-state index contributed by atoms with van der Waals surface area (Å²) in [5, 5.41) is 7.35. The summed E-state index contributed by atoms with van der Waals surface area (Å²) in [6.45, 7) is 1.13. The van der Waals surface area contributed by atoms with E-state index in [1.807, 2.05) is 6.20 Å². The first-order chi connectivity index (χ1) is 18.8. The molecular weight excluding hydrogens is 466 g/mol. The smallest absolute Gasteiger partial charge is 0.123 e. The van der Waals surface area contributed by atoms with E-state index in [4.69, 9.17) is 9.98 Å². The summed E-state index contributed by atoms with van der Waals surface area (Å²) >= 11 is 0. The third-order valence-corrected chi connectivity index (χ3v) is 10.4. The zero-order valence-corrected chi connectivity index (χ0v) is 21.8. The highest BCUT2D eigenvalue weighted by atomic mass is 15.1. The van der Waals surface area contributed by atoms with Crippen molar-refractivity contribution in [2.75, 3.05) is 6.54 Å². The number of piperidine rings is 1. The molecule has 3 N–H and O–H groups in total. The highest BCUT2D eigenvalue weighted by molar-refractivity contribution is 6.02. The van der Waals surface area contributed by atoms with Crippen molar-refractivity contribution < 1.29 is 0 Å². The number of H-pyrrole nitrogens is 1. The molecule has 4 heterocycles. The number of hydrogen-bond acceptors (Lipinski definition) is 4. The average molecular weight is 502 g/mol. The predicted molar refractivity (Wildman–Crippen MR) is 152 cm³/mol. The molecule has 1 aromatic heterocycles. The lowest BCUT2D eigenvalue weighted by Crippen LogP contribution is -2.29. The maximum absolute atomic E-state index is 4.89. The summed E-state index contributed by atoms with van der Waals surface area (Å²) in [6, 6.07) is 15.6. The van der Waals surface area contributed by atoms with Crippen LogP contribution in [0.3, 0.4) is 0 Å². The van der Waals surface area contributed by atoms with Gasteiger partial charge in [-0.05, 0) is 108 Å². The van der Waals surface area contributed by atoms with Crippen LogP contribution in [0.2, 0.25) is 0 Å². The number of nitrogens with zero attached hydrogens (tertiary/aromatic N) is 2. The molecule has 2 aromatic carbocycles. The van der Waals surface area contributed by atoms with Gasteiger partial charge in [-0.1, -0.05) is 36.4 Å². The van der Waals surface area contributed by atoms with Crippen LogP contribution in [0, 0.1) is 5.92 Å². The monoisotopic (exact) mass is 501 g/mol. The molecule has 0 amide bonds. The van der Waals surface area contributed by atoms with E-state index in [1.165, 1.54) is 78.5 Å². The summed E-state index contributed by atoms with van der Waals surface area (Å²) in [4.78, 5) is 13.2. The molecule has 3 aromatic rings. The van der Waals surface area contributed by atoms with Crippen molar-refractivity contribution >= 4 is 11.3 Å². The SMILES string of the molecule is C1=C(c2ccc(-c3ccc(-c4cnc(C5CC6CC6N5)[nH]4)cc3)c3c2C2CCC3C2)CC(C2CCCN2)=N1. The second-order valence-electron chi connectivity index (χ2n) is 12.6. The van der Waals surface area contributed by atoms with E-state index < -0.39 is 0 Å². The molecule has 0 spiro atoms. The Bertz CT molecular complexity index is 1480. The predicted octanol–water partition coefficient (Wildman–Crippen LogP) is 6.47. The molecule has 192 valence electrons. The van der Waals surface area contributed by atoms with Crippen LogP contribution in [-0.2, 0) is 0 Å². The Balaban J connectivity index is 1.01. The number of imidazole rings is 1. The van der Waals surface area contributed by atoms with E-state index in [0.29, 0.717) is 18.0 Å². The fraction of sp³-hybridized carbons (Fsp3) is 0.455. The number of hydrogen-bond donors (Lipinski definition) is 3. The summed E-state index contributed by atoms with van der Waals surface area (Å²) in [6.07, 6.45) is 14.3. The van der Waals surface area contributed by atoms with Crippen molar-refractivity contribution in [2.45, 2.75) is 81.3 Å². The maximum atomic E-state index is 4.89. The van der Waals surface area contributed by atoms with Crippen molar-refractivity contribution in [3.8, 4) is 22.4 Å². The number of allylic oxidation sites excluding steroid dienone is 1. The van der Waals surface area contributed by atoms with Crippen molar-refractivity contribution in [3.63, 3.8) is 0 Å². The first-order valence-corrected chi connectivity index (χ1v) is 14.9. The highest BCUT2D eigenvalue weighted by Crippen LogP contribution is 2.58. The fourth-order valence-corrected chi connectivity index (χ4v) is 8.37. The second-order valence-corrected chi connectivity index (χ2v) is 12.6. The van der Waals surface area contributed by atoms with Gasteiger partial charge in [0.15, 0.2) is 0 Å². The van der Waals surface area contributed by atoms with Crippen LogP contribution < -0.4 is 10.6 Å². The summed E-state index contributed by atoms with van der Waals surface area (Å²) < 4.78 is 0. The molecule has 6 aliphatic rings. The molecule has 5 heteroatoms. The number of benzene rings is 2. The average Bonchev–Trinajstić information content (AvgIpc) is 3.71. The number of fused-ring (bicyclic) bond motifs is 6. The Morgan fingerprint density at radius 1 is 0.789 bits per heavy atom. The van der Waals surface area contributed by atoms with Gasteiger partial charge >= 0.3 is 0 Å². The van der Waals surface area contributed by atoms with E-state index in [-0.39, 0.29) is 0 Å². The van der Waals surface area contributed by atoms with Crippen LogP contribution in [0.4, 0.5) is 0 Å². The third kappa shape index (κ3) is 3.37. The van der Waals surface area contributed by atoms with Crippen LogP contribution in [-0.4, -0.2) is 34.3 Å². The topological polar surface area (TPSA) is 65.1 Å². The largest absolute Gasteiger partial charge is 0.341 e. The first kappa shape index (κ1) is 21.9. The molecule has 6 atom stereocenters. The van der Waals surface area contributed by atoms with Gasteiger partial charge in [-0.15, -0.1) is 0 Å².